The van der Waals surface area contributed by atoms with Crippen molar-refractivity contribution in [2.75, 3.05) is 18.1 Å². The Hall–Kier alpha value is -0.420. The molecule has 0 saturated carbocycles. The van der Waals surface area contributed by atoms with E-state index < -0.39 is 0 Å². The molecule has 2 fully saturated rings. The summed E-state index contributed by atoms with van der Waals surface area (Å²) in [7, 11) is 0. The lowest BCUT2D eigenvalue weighted by Gasteiger charge is -2.43. The fourth-order valence-electron chi connectivity index (χ4n) is 3.20. The van der Waals surface area contributed by atoms with E-state index in [4.69, 9.17) is 26.8 Å². The van der Waals surface area contributed by atoms with Crippen LogP contribution in [-0.2, 0) is 11.3 Å². The van der Waals surface area contributed by atoms with E-state index in [1.54, 1.807) is 0 Å². The lowest BCUT2D eigenvalue weighted by atomic mass is 9.86. The zero-order valence-corrected chi connectivity index (χ0v) is 13.7. The summed E-state index contributed by atoms with van der Waals surface area (Å²) in [6.45, 7) is 1.19. The average Bonchev–Trinajstić information content (AvgIpc) is 2.48. The molecule has 116 valence electrons. The summed E-state index contributed by atoms with van der Waals surface area (Å²) in [5, 5.41) is 0.686. The molecular formula is C16H22ClNO2S. The number of rotatable bonds is 3. The largest absolute Gasteiger partial charge is 0.490 e. The first-order chi connectivity index (χ1) is 10.2. The molecule has 1 atom stereocenters. The molecule has 3 nitrogen and oxygen atoms in total. The lowest BCUT2D eigenvalue weighted by molar-refractivity contribution is -0.116. The van der Waals surface area contributed by atoms with E-state index in [9.17, 15) is 0 Å². The maximum atomic E-state index is 6.23. The number of thioether (sulfide) groups is 1. The van der Waals surface area contributed by atoms with Crippen molar-refractivity contribution in [2.24, 2.45) is 5.73 Å². The molecule has 1 unspecified atom stereocenters. The Morgan fingerprint density at radius 1 is 1.38 bits per heavy atom. The van der Waals surface area contributed by atoms with E-state index in [1.165, 1.54) is 11.5 Å². The molecule has 3 rings (SSSR count). The van der Waals surface area contributed by atoms with Gasteiger partial charge in [-0.3, -0.25) is 0 Å². The molecule has 2 heterocycles. The third-order valence-corrected chi connectivity index (χ3v) is 5.77. The Morgan fingerprint density at radius 3 is 2.95 bits per heavy atom. The highest BCUT2D eigenvalue weighted by Crippen LogP contribution is 2.39. The van der Waals surface area contributed by atoms with E-state index in [1.807, 2.05) is 30.0 Å². The summed E-state index contributed by atoms with van der Waals surface area (Å²) in [5.74, 6) is 3.22. The SMILES string of the molecule is NCc1c(Cl)cccc1OC1CCOC2(CCSCC2)C1. The van der Waals surface area contributed by atoms with Gasteiger partial charge in [0.1, 0.15) is 11.9 Å². The third kappa shape index (κ3) is 3.50. The van der Waals surface area contributed by atoms with E-state index in [0.29, 0.717) is 11.6 Å². The Morgan fingerprint density at radius 2 is 2.19 bits per heavy atom. The summed E-state index contributed by atoms with van der Waals surface area (Å²) in [5.41, 5.74) is 6.74. The second-order valence-electron chi connectivity index (χ2n) is 5.80. The van der Waals surface area contributed by atoms with Gasteiger partial charge < -0.3 is 15.2 Å². The summed E-state index contributed by atoms with van der Waals surface area (Å²) < 4.78 is 12.3. The van der Waals surface area contributed by atoms with Crippen molar-refractivity contribution >= 4 is 23.4 Å². The predicted octanol–water partition coefficient (Wildman–Crippen LogP) is 3.62. The van der Waals surface area contributed by atoms with Crippen molar-refractivity contribution in [1.82, 2.24) is 0 Å². The van der Waals surface area contributed by atoms with Crippen molar-refractivity contribution in [2.45, 2.75) is 43.9 Å². The van der Waals surface area contributed by atoms with Crippen LogP contribution in [0.4, 0.5) is 0 Å². The third-order valence-electron chi connectivity index (χ3n) is 4.43. The number of hydrogen-bond donors (Lipinski definition) is 1. The molecule has 21 heavy (non-hydrogen) atoms. The lowest BCUT2D eigenvalue weighted by Crippen LogP contribution is -2.46. The Labute approximate surface area is 135 Å². The monoisotopic (exact) mass is 327 g/mol. The number of benzene rings is 1. The van der Waals surface area contributed by atoms with Crippen LogP contribution < -0.4 is 10.5 Å². The first-order valence-electron chi connectivity index (χ1n) is 7.58. The number of halogens is 1. The molecule has 2 aliphatic rings. The van der Waals surface area contributed by atoms with Crippen molar-refractivity contribution in [3.8, 4) is 5.75 Å². The molecule has 0 bridgehead atoms. The van der Waals surface area contributed by atoms with Gasteiger partial charge in [0.25, 0.3) is 0 Å². The minimum absolute atomic E-state index is 0.0373. The minimum Gasteiger partial charge on any atom is -0.490 e. The molecule has 1 aromatic carbocycles. The van der Waals surface area contributed by atoms with E-state index in [0.717, 1.165) is 43.6 Å². The van der Waals surface area contributed by atoms with Gasteiger partial charge in [-0.05, 0) is 36.5 Å². The van der Waals surface area contributed by atoms with Gasteiger partial charge in [-0.1, -0.05) is 17.7 Å². The average molecular weight is 328 g/mol. The summed E-state index contributed by atoms with van der Waals surface area (Å²) >= 11 is 8.22. The molecule has 1 aromatic rings. The van der Waals surface area contributed by atoms with Gasteiger partial charge in [0.2, 0.25) is 0 Å². The molecule has 2 saturated heterocycles. The highest BCUT2D eigenvalue weighted by Gasteiger charge is 2.39. The van der Waals surface area contributed by atoms with Crippen molar-refractivity contribution in [3.05, 3.63) is 28.8 Å². The normalized spacial score (nSPS) is 25.0. The van der Waals surface area contributed by atoms with Crippen LogP contribution in [0.2, 0.25) is 5.02 Å². The van der Waals surface area contributed by atoms with Gasteiger partial charge in [0.05, 0.1) is 12.2 Å². The van der Waals surface area contributed by atoms with Crippen LogP contribution in [0.5, 0.6) is 5.75 Å². The summed E-state index contributed by atoms with van der Waals surface area (Å²) in [4.78, 5) is 0. The Kier molecular flexibility index (Phi) is 4.99. The van der Waals surface area contributed by atoms with Gasteiger partial charge >= 0.3 is 0 Å². The highest BCUT2D eigenvalue weighted by atomic mass is 35.5. The van der Waals surface area contributed by atoms with Crippen LogP contribution in [-0.4, -0.2) is 29.8 Å². The van der Waals surface area contributed by atoms with Gasteiger partial charge in [0.15, 0.2) is 0 Å². The van der Waals surface area contributed by atoms with Crippen LogP contribution in [0.15, 0.2) is 18.2 Å². The van der Waals surface area contributed by atoms with E-state index in [-0.39, 0.29) is 11.7 Å². The fraction of sp³-hybridized carbons (Fsp3) is 0.625. The van der Waals surface area contributed by atoms with Crippen LogP contribution in [0, 0.1) is 0 Å². The maximum absolute atomic E-state index is 6.23. The first-order valence-corrected chi connectivity index (χ1v) is 9.11. The Balaban J connectivity index is 1.71. The zero-order valence-electron chi connectivity index (χ0n) is 12.1. The first kappa shape index (κ1) is 15.5. The summed E-state index contributed by atoms with van der Waals surface area (Å²) in [6.07, 6.45) is 4.38. The molecule has 0 aromatic heterocycles. The number of hydrogen-bond acceptors (Lipinski definition) is 4. The number of ether oxygens (including phenoxy) is 2. The highest BCUT2D eigenvalue weighted by molar-refractivity contribution is 7.99. The molecule has 0 radical (unpaired) electrons. The fourth-order valence-corrected chi connectivity index (χ4v) is 4.68. The van der Waals surface area contributed by atoms with Crippen LogP contribution in [0.25, 0.3) is 0 Å². The molecular weight excluding hydrogens is 306 g/mol. The maximum Gasteiger partial charge on any atom is 0.125 e. The standard InChI is InChI=1S/C16H22ClNO2S/c17-14-2-1-3-15(13(14)11-18)20-12-4-7-19-16(10-12)5-8-21-9-6-16/h1-3,12H,4-11,18H2. The molecule has 2 aliphatic heterocycles. The van der Waals surface area contributed by atoms with Crippen molar-refractivity contribution in [1.29, 1.82) is 0 Å². The van der Waals surface area contributed by atoms with Crippen molar-refractivity contribution in [3.63, 3.8) is 0 Å². The molecule has 1 spiro atoms. The van der Waals surface area contributed by atoms with E-state index >= 15 is 0 Å². The topological polar surface area (TPSA) is 44.5 Å². The molecule has 0 aliphatic carbocycles. The van der Waals surface area contributed by atoms with Gasteiger partial charge in [-0.2, -0.15) is 11.8 Å². The van der Waals surface area contributed by atoms with Crippen LogP contribution in [0.1, 0.15) is 31.2 Å². The van der Waals surface area contributed by atoms with Crippen molar-refractivity contribution < 1.29 is 9.47 Å². The van der Waals surface area contributed by atoms with Crippen LogP contribution in [0.3, 0.4) is 0 Å². The van der Waals surface area contributed by atoms with Gasteiger partial charge in [-0.25, -0.2) is 0 Å². The second kappa shape index (κ2) is 6.78. The molecule has 5 heteroatoms. The minimum atomic E-state index is 0.0373. The Bertz CT molecular complexity index is 486. The summed E-state index contributed by atoms with van der Waals surface area (Å²) in [6, 6.07) is 5.75. The van der Waals surface area contributed by atoms with E-state index in [2.05, 4.69) is 0 Å². The predicted molar refractivity (Wildman–Crippen MR) is 88.2 cm³/mol. The second-order valence-corrected chi connectivity index (χ2v) is 7.43. The van der Waals surface area contributed by atoms with Gasteiger partial charge in [0, 0.05) is 30.0 Å². The quantitative estimate of drug-likeness (QED) is 0.921. The zero-order chi connectivity index (χ0) is 14.7. The number of nitrogens with two attached hydrogens (primary N) is 1. The molecule has 0 amide bonds. The smallest absolute Gasteiger partial charge is 0.125 e. The van der Waals surface area contributed by atoms with Crippen LogP contribution >= 0.6 is 23.4 Å². The molecule has 2 N–H and O–H groups in total. The van der Waals surface area contributed by atoms with Gasteiger partial charge in [-0.15, -0.1) is 0 Å².